The third-order valence-electron chi connectivity index (χ3n) is 5.88. The maximum absolute atomic E-state index is 13.3. The van der Waals surface area contributed by atoms with Gasteiger partial charge < -0.3 is 37.0 Å². The van der Waals surface area contributed by atoms with E-state index in [-0.39, 0.29) is 18.6 Å². The number of phenols is 1. The van der Waals surface area contributed by atoms with Gasteiger partial charge in [0.05, 0.1) is 12.5 Å². The Morgan fingerprint density at radius 2 is 1.28 bits per heavy atom. The third-order valence-corrected chi connectivity index (χ3v) is 5.88. The van der Waals surface area contributed by atoms with Crippen molar-refractivity contribution in [3.8, 4) is 5.75 Å². The van der Waals surface area contributed by atoms with Gasteiger partial charge in [-0.25, -0.2) is 4.79 Å². The number of aliphatic carboxylic acids is 2. The fourth-order valence-corrected chi connectivity index (χ4v) is 3.74. The molecule has 0 aliphatic heterocycles. The summed E-state index contributed by atoms with van der Waals surface area (Å²) in [7, 11) is 0. The molecule has 4 unspecified atom stereocenters. The first-order valence-corrected chi connectivity index (χ1v) is 12.3. The van der Waals surface area contributed by atoms with Crippen molar-refractivity contribution in [3.05, 3.63) is 65.7 Å². The summed E-state index contributed by atoms with van der Waals surface area (Å²) in [5.41, 5.74) is 6.91. The molecule has 12 heteroatoms. The lowest BCUT2D eigenvalue weighted by atomic mass is 9.99. The number of carboxylic acids is 2. The van der Waals surface area contributed by atoms with Gasteiger partial charge in [0.25, 0.3) is 0 Å². The van der Waals surface area contributed by atoms with Gasteiger partial charge in [-0.3, -0.25) is 19.2 Å². The summed E-state index contributed by atoms with van der Waals surface area (Å²) in [5, 5.41) is 35.5. The molecule has 0 radical (unpaired) electrons. The highest BCUT2D eigenvalue weighted by Gasteiger charge is 2.32. The highest BCUT2D eigenvalue weighted by molar-refractivity contribution is 5.95. The molecular formula is C27H34N4O8. The van der Waals surface area contributed by atoms with E-state index in [1.165, 1.54) is 24.3 Å². The molecule has 0 spiro atoms. The van der Waals surface area contributed by atoms with Crippen LogP contribution in [0.3, 0.4) is 0 Å². The second-order valence-electron chi connectivity index (χ2n) is 9.46. The Kier molecular flexibility index (Phi) is 11.4. The molecule has 0 aliphatic carbocycles. The van der Waals surface area contributed by atoms with E-state index in [1.54, 1.807) is 44.2 Å². The lowest BCUT2D eigenvalue weighted by Gasteiger charge is -2.27. The van der Waals surface area contributed by atoms with E-state index in [1.807, 2.05) is 0 Å². The predicted molar refractivity (Wildman–Crippen MR) is 140 cm³/mol. The molecule has 0 heterocycles. The van der Waals surface area contributed by atoms with E-state index in [0.29, 0.717) is 11.1 Å². The fraction of sp³-hybridized carbons (Fsp3) is 0.370. The first-order valence-electron chi connectivity index (χ1n) is 12.3. The molecule has 210 valence electrons. The number of amides is 3. The van der Waals surface area contributed by atoms with Crippen LogP contribution in [0.1, 0.15) is 31.4 Å². The number of carbonyl (C=O) groups is 5. The maximum atomic E-state index is 13.3. The molecular weight excluding hydrogens is 508 g/mol. The average Bonchev–Trinajstić information content (AvgIpc) is 2.87. The number of phenolic OH excluding ortho intramolecular Hbond substituents is 1. The van der Waals surface area contributed by atoms with Gasteiger partial charge in [0.2, 0.25) is 17.7 Å². The predicted octanol–water partition coefficient (Wildman–Crippen LogP) is 0.174. The number of hydrogen-bond donors (Lipinski definition) is 7. The van der Waals surface area contributed by atoms with E-state index in [0.717, 1.165) is 0 Å². The number of carbonyl (C=O) groups excluding carboxylic acids is 3. The summed E-state index contributed by atoms with van der Waals surface area (Å²) in [6.45, 7) is 3.32. The van der Waals surface area contributed by atoms with Crippen molar-refractivity contribution >= 4 is 29.7 Å². The summed E-state index contributed by atoms with van der Waals surface area (Å²) < 4.78 is 0. The van der Waals surface area contributed by atoms with Crippen molar-refractivity contribution in [2.75, 3.05) is 0 Å². The van der Waals surface area contributed by atoms with Gasteiger partial charge >= 0.3 is 11.9 Å². The Morgan fingerprint density at radius 3 is 1.82 bits per heavy atom. The van der Waals surface area contributed by atoms with Gasteiger partial charge in [-0.05, 0) is 29.2 Å². The summed E-state index contributed by atoms with van der Waals surface area (Å²) in [6, 6.07) is 9.54. The molecule has 0 bridgehead atoms. The minimum Gasteiger partial charge on any atom is -0.508 e. The zero-order valence-corrected chi connectivity index (χ0v) is 21.7. The van der Waals surface area contributed by atoms with E-state index in [9.17, 15) is 34.2 Å². The lowest BCUT2D eigenvalue weighted by Crippen LogP contribution is -2.59. The Morgan fingerprint density at radius 1 is 0.744 bits per heavy atom. The van der Waals surface area contributed by atoms with E-state index >= 15 is 0 Å². The normalized spacial score (nSPS) is 13.9. The van der Waals surface area contributed by atoms with Crippen molar-refractivity contribution in [2.24, 2.45) is 11.7 Å². The molecule has 12 nitrogen and oxygen atoms in total. The molecule has 0 fully saturated rings. The molecule has 2 aromatic carbocycles. The van der Waals surface area contributed by atoms with Crippen molar-refractivity contribution in [1.82, 2.24) is 16.0 Å². The third kappa shape index (κ3) is 10.1. The molecule has 0 aliphatic rings. The van der Waals surface area contributed by atoms with Gasteiger partial charge in [0, 0.05) is 12.8 Å². The zero-order valence-electron chi connectivity index (χ0n) is 21.7. The molecule has 2 aromatic rings. The van der Waals surface area contributed by atoms with E-state index in [2.05, 4.69) is 16.0 Å². The van der Waals surface area contributed by atoms with Crippen LogP contribution in [-0.4, -0.2) is 69.1 Å². The maximum Gasteiger partial charge on any atom is 0.326 e. The van der Waals surface area contributed by atoms with Gasteiger partial charge in [-0.1, -0.05) is 56.3 Å². The number of nitrogens with two attached hydrogens (primary N) is 1. The van der Waals surface area contributed by atoms with Crippen molar-refractivity contribution < 1.29 is 39.3 Å². The Hall–Kier alpha value is -4.45. The molecule has 4 atom stereocenters. The Bertz CT molecular complexity index is 1150. The van der Waals surface area contributed by atoms with Crippen LogP contribution in [0.25, 0.3) is 0 Å². The minimum atomic E-state index is -1.39. The Labute approximate surface area is 225 Å². The van der Waals surface area contributed by atoms with E-state index < -0.39 is 66.2 Å². The second-order valence-corrected chi connectivity index (χ2v) is 9.46. The van der Waals surface area contributed by atoms with Crippen LogP contribution in [-0.2, 0) is 36.8 Å². The SMILES string of the molecule is CC(C)C(NC(=O)C(Cc1ccccc1)NC(=O)C(N)CC(=O)O)C(=O)NC(Cc1ccc(O)cc1)C(=O)O. The first kappa shape index (κ1) is 30.8. The van der Waals surface area contributed by atoms with Crippen molar-refractivity contribution in [1.29, 1.82) is 0 Å². The van der Waals surface area contributed by atoms with Crippen LogP contribution in [0.5, 0.6) is 5.75 Å². The number of carboxylic acid groups (broad SMARTS) is 2. The van der Waals surface area contributed by atoms with Crippen LogP contribution in [0, 0.1) is 5.92 Å². The average molecular weight is 543 g/mol. The van der Waals surface area contributed by atoms with E-state index in [4.69, 9.17) is 10.8 Å². The smallest absolute Gasteiger partial charge is 0.326 e. The summed E-state index contributed by atoms with van der Waals surface area (Å²) >= 11 is 0. The number of rotatable bonds is 14. The summed E-state index contributed by atoms with van der Waals surface area (Å²) in [6.07, 6.45) is -0.669. The topological polar surface area (TPSA) is 208 Å². The number of hydrogen-bond acceptors (Lipinski definition) is 7. The van der Waals surface area contributed by atoms with Gasteiger partial charge in [-0.2, -0.15) is 0 Å². The van der Waals surface area contributed by atoms with Crippen LogP contribution in [0.4, 0.5) is 0 Å². The van der Waals surface area contributed by atoms with Crippen LogP contribution in [0.15, 0.2) is 54.6 Å². The highest BCUT2D eigenvalue weighted by atomic mass is 16.4. The van der Waals surface area contributed by atoms with Gasteiger partial charge in [0.15, 0.2) is 0 Å². The minimum absolute atomic E-state index is 0.0123. The van der Waals surface area contributed by atoms with Crippen LogP contribution in [0.2, 0.25) is 0 Å². The largest absolute Gasteiger partial charge is 0.508 e. The van der Waals surface area contributed by atoms with Crippen molar-refractivity contribution in [3.63, 3.8) is 0 Å². The van der Waals surface area contributed by atoms with Gasteiger partial charge in [-0.15, -0.1) is 0 Å². The van der Waals surface area contributed by atoms with Crippen LogP contribution >= 0.6 is 0 Å². The molecule has 3 amide bonds. The quantitative estimate of drug-likeness (QED) is 0.173. The molecule has 0 aromatic heterocycles. The summed E-state index contributed by atoms with van der Waals surface area (Å²) in [5.74, 6) is -5.33. The molecule has 0 saturated carbocycles. The number of benzene rings is 2. The van der Waals surface area contributed by atoms with Gasteiger partial charge in [0.1, 0.15) is 23.9 Å². The molecule has 39 heavy (non-hydrogen) atoms. The number of nitrogens with one attached hydrogen (secondary N) is 3. The highest BCUT2D eigenvalue weighted by Crippen LogP contribution is 2.12. The number of aromatic hydroxyl groups is 1. The molecule has 2 rings (SSSR count). The first-order chi connectivity index (χ1) is 18.4. The summed E-state index contributed by atoms with van der Waals surface area (Å²) in [4.78, 5) is 61.7. The fourth-order valence-electron chi connectivity index (χ4n) is 3.74. The monoisotopic (exact) mass is 542 g/mol. The Balaban J connectivity index is 2.19. The second kappa shape index (κ2) is 14.5. The van der Waals surface area contributed by atoms with Crippen molar-refractivity contribution in [2.45, 2.75) is 57.3 Å². The molecule has 8 N–H and O–H groups in total. The standard InChI is InChI=1S/C27H34N4O8/c1-15(2)23(26(37)30-21(27(38)39)13-17-8-10-18(32)11-9-17)31-25(36)20(12-16-6-4-3-5-7-16)29-24(35)19(28)14-22(33)34/h3-11,15,19-21,23,32H,12-14,28H2,1-2H3,(H,29,35)(H,30,37)(H,31,36)(H,33,34)(H,38,39). The zero-order chi connectivity index (χ0) is 29.1. The molecule has 0 saturated heterocycles. The lowest BCUT2D eigenvalue weighted by molar-refractivity contribution is -0.142. The van der Waals surface area contributed by atoms with Crippen LogP contribution < -0.4 is 21.7 Å².